The SMILES string of the molecule is C=C(C(=O)NCc1cccc2cccnc12)C(N)=NC(/C(=C/C)O/C=C\C)=C(\C)CC. The Hall–Kier alpha value is -3.67. The number of nitrogens with one attached hydrogen (secondary N) is 1. The third-order valence-corrected chi connectivity index (χ3v) is 4.73. The van der Waals surface area contributed by atoms with Gasteiger partial charge in [-0.05, 0) is 50.5 Å². The van der Waals surface area contributed by atoms with Crippen molar-refractivity contribution in [3.8, 4) is 0 Å². The summed E-state index contributed by atoms with van der Waals surface area (Å²) in [6.07, 6.45) is 7.65. The second kappa shape index (κ2) is 11.5. The van der Waals surface area contributed by atoms with Crippen LogP contribution in [0, 0.1) is 0 Å². The van der Waals surface area contributed by atoms with Gasteiger partial charge in [0.15, 0.2) is 0 Å². The van der Waals surface area contributed by atoms with E-state index in [-0.39, 0.29) is 17.3 Å². The van der Waals surface area contributed by atoms with Crippen LogP contribution in [-0.2, 0) is 16.1 Å². The molecule has 6 heteroatoms. The molecule has 1 amide bonds. The van der Waals surface area contributed by atoms with Crippen molar-refractivity contribution >= 4 is 22.6 Å². The molecule has 0 aliphatic carbocycles. The van der Waals surface area contributed by atoms with E-state index < -0.39 is 0 Å². The number of hydrogen-bond donors (Lipinski definition) is 2. The van der Waals surface area contributed by atoms with E-state index in [1.165, 1.54) is 0 Å². The number of rotatable bonds is 9. The molecule has 0 fully saturated rings. The smallest absolute Gasteiger partial charge is 0.254 e. The maximum absolute atomic E-state index is 12.7. The number of pyridine rings is 1. The number of amides is 1. The third-order valence-electron chi connectivity index (χ3n) is 4.73. The lowest BCUT2D eigenvalue weighted by Gasteiger charge is -2.13. The standard InChI is InChI=1S/C25H30N4O2/c1-6-15-31-21(8-3)22(17(4)7-2)29-24(26)18(5)25(30)28-16-20-12-9-11-19-13-10-14-27-23(19)20/h6,8-15H,5,7,16H2,1-4H3,(H2,26,29)(H,28,30)/b15-6-,21-8-,22-17+. The van der Waals surface area contributed by atoms with E-state index in [9.17, 15) is 4.79 Å². The van der Waals surface area contributed by atoms with E-state index in [4.69, 9.17) is 10.5 Å². The third kappa shape index (κ3) is 6.15. The summed E-state index contributed by atoms with van der Waals surface area (Å²) in [5, 5.41) is 3.87. The zero-order valence-corrected chi connectivity index (χ0v) is 18.6. The van der Waals surface area contributed by atoms with Crippen LogP contribution in [0.1, 0.15) is 39.7 Å². The Bertz CT molecular complexity index is 1070. The highest BCUT2D eigenvalue weighted by atomic mass is 16.5. The Kier molecular flexibility index (Phi) is 8.76. The number of aliphatic imine (C=N–C) groups is 1. The van der Waals surface area contributed by atoms with E-state index in [1.807, 2.05) is 64.1 Å². The van der Waals surface area contributed by atoms with Gasteiger partial charge in [-0.25, -0.2) is 4.99 Å². The van der Waals surface area contributed by atoms with Crippen LogP contribution in [0.15, 0.2) is 89.1 Å². The van der Waals surface area contributed by atoms with Gasteiger partial charge in [-0.1, -0.05) is 43.8 Å². The van der Waals surface area contributed by atoms with E-state index >= 15 is 0 Å². The number of hydrogen-bond acceptors (Lipinski definition) is 4. The number of carbonyl (C=O) groups excluding carboxylic acids is 1. The summed E-state index contributed by atoms with van der Waals surface area (Å²) >= 11 is 0. The Balaban J connectivity index is 2.19. The summed E-state index contributed by atoms with van der Waals surface area (Å²) < 4.78 is 5.64. The molecule has 0 radical (unpaired) electrons. The van der Waals surface area contributed by atoms with E-state index in [0.29, 0.717) is 18.0 Å². The van der Waals surface area contributed by atoms with Gasteiger partial charge in [-0.3, -0.25) is 9.78 Å². The first-order chi connectivity index (χ1) is 14.9. The minimum Gasteiger partial charge on any atom is -0.463 e. The van der Waals surface area contributed by atoms with Gasteiger partial charge in [0.05, 0.1) is 17.4 Å². The van der Waals surface area contributed by atoms with Crippen LogP contribution in [0.25, 0.3) is 10.9 Å². The summed E-state index contributed by atoms with van der Waals surface area (Å²) in [6.45, 7) is 11.8. The Morgan fingerprint density at radius 2 is 2.03 bits per heavy atom. The van der Waals surface area contributed by atoms with Crippen molar-refractivity contribution in [2.75, 3.05) is 0 Å². The second-order valence-electron chi connectivity index (χ2n) is 6.87. The van der Waals surface area contributed by atoms with Crippen molar-refractivity contribution in [1.29, 1.82) is 0 Å². The van der Waals surface area contributed by atoms with Gasteiger partial charge < -0.3 is 15.8 Å². The summed E-state index contributed by atoms with van der Waals surface area (Å²) in [4.78, 5) is 21.5. The molecular weight excluding hydrogens is 388 g/mol. The molecule has 162 valence electrons. The fraction of sp³-hybridized carbons (Fsp3) is 0.240. The lowest BCUT2D eigenvalue weighted by molar-refractivity contribution is -0.117. The van der Waals surface area contributed by atoms with Gasteiger partial charge in [-0.2, -0.15) is 0 Å². The van der Waals surface area contributed by atoms with Gasteiger partial charge >= 0.3 is 0 Å². The minimum absolute atomic E-state index is 0.0415. The van der Waals surface area contributed by atoms with E-state index in [1.54, 1.807) is 18.5 Å². The highest BCUT2D eigenvalue weighted by Gasteiger charge is 2.15. The number of ether oxygens (including phenoxy) is 1. The molecule has 1 aromatic carbocycles. The monoisotopic (exact) mass is 418 g/mol. The quantitative estimate of drug-likeness (QED) is 0.199. The fourth-order valence-electron chi connectivity index (χ4n) is 2.83. The van der Waals surface area contributed by atoms with Crippen molar-refractivity contribution in [3.05, 3.63) is 89.7 Å². The number of allylic oxidation sites excluding steroid dienone is 3. The molecule has 0 saturated carbocycles. The van der Waals surface area contributed by atoms with Crippen LogP contribution in [0.5, 0.6) is 0 Å². The first-order valence-corrected chi connectivity index (χ1v) is 10.2. The number of para-hydroxylation sites is 1. The molecule has 1 aromatic heterocycles. The molecule has 2 aromatic rings. The van der Waals surface area contributed by atoms with Crippen LogP contribution in [0.2, 0.25) is 0 Å². The maximum Gasteiger partial charge on any atom is 0.254 e. The minimum atomic E-state index is -0.390. The highest BCUT2D eigenvalue weighted by molar-refractivity contribution is 6.19. The predicted octanol–water partition coefficient (Wildman–Crippen LogP) is 4.90. The van der Waals surface area contributed by atoms with Crippen molar-refractivity contribution in [1.82, 2.24) is 10.3 Å². The molecule has 1 heterocycles. The normalized spacial score (nSPS) is 13.3. The number of carbonyl (C=O) groups is 1. The van der Waals surface area contributed by atoms with Gasteiger partial charge in [0, 0.05) is 18.1 Å². The predicted molar refractivity (Wildman–Crippen MR) is 127 cm³/mol. The first kappa shape index (κ1) is 23.6. The van der Waals surface area contributed by atoms with Crippen molar-refractivity contribution < 1.29 is 9.53 Å². The first-order valence-electron chi connectivity index (χ1n) is 10.2. The Morgan fingerprint density at radius 3 is 2.71 bits per heavy atom. The molecule has 0 unspecified atom stereocenters. The van der Waals surface area contributed by atoms with Crippen LogP contribution in [0.4, 0.5) is 0 Å². The topological polar surface area (TPSA) is 89.6 Å². The second-order valence-corrected chi connectivity index (χ2v) is 6.87. The van der Waals surface area contributed by atoms with Gasteiger partial charge in [0.25, 0.3) is 5.91 Å². The summed E-state index contributed by atoms with van der Waals surface area (Å²) in [5.74, 6) is 0.217. The highest BCUT2D eigenvalue weighted by Crippen LogP contribution is 2.21. The lowest BCUT2D eigenvalue weighted by atomic mass is 10.1. The van der Waals surface area contributed by atoms with Crippen LogP contribution < -0.4 is 11.1 Å². The molecular formula is C25H30N4O2. The number of nitrogens with zero attached hydrogens (tertiary/aromatic N) is 2. The van der Waals surface area contributed by atoms with E-state index in [2.05, 4.69) is 21.9 Å². The number of benzene rings is 1. The number of aromatic nitrogens is 1. The Morgan fingerprint density at radius 1 is 1.29 bits per heavy atom. The van der Waals surface area contributed by atoms with Crippen molar-refractivity contribution in [2.45, 2.75) is 40.7 Å². The molecule has 31 heavy (non-hydrogen) atoms. The average molecular weight is 419 g/mol. The molecule has 2 rings (SSSR count). The van der Waals surface area contributed by atoms with Crippen LogP contribution in [0.3, 0.4) is 0 Å². The van der Waals surface area contributed by atoms with Crippen molar-refractivity contribution in [3.63, 3.8) is 0 Å². The fourth-order valence-corrected chi connectivity index (χ4v) is 2.83. The zero-order valence-electron chi connectivity index (χ0n) is 18.6. The molecule has 3 N–H and O–H groups in total. The average Bonchev–Trinajstić information content (AvgIpc) is 2.80. The van der Waals surface area contributed by atoms with Gasteiger partial charge in [0.2, 0.25) is 0 Å². The molecule has 6 nitrogen and oxygen atoms in total. The number of fused-ring (bicyclic) bond motifs is 1. The molecule has 0 aliphatic heterocycles. The maximum atomic E-state index is 12.7. The molecule has 0 saturated heterocycles. The molecule has 0 spiro atoms. The van der Waals surface area contributed by atoms with Crippen molar-refractivity contribution in [2.24, 2.45) is 10.7 Å². The number of nitrogens with two attached hydrogens (primary N) is 1. The summed E-state index contributed by atoms with van der Waals surface area (Å²) in [5.41, 5.74) is 9.56. The van der Waals surface area contributed by atoms with Crippen LogP contribution >= 0.6 is 0 Å². The zero-order chi connectivity index (χ0) is 22.8. The van der Waals surface area contributed by atoms with Gasteiger partial charge in [0.1, 0.15) is 17.3 Å². The largest absolute Gasteiger partial charge is 0.463 e. The lowest BCUT2D eigenvalue weighted by Crippen LogP contribution is -2.31. The summed E-state index contributed by atoms with van der Waals surface area (Å²) in [6, 6.07) is 9.71. The molecule has 0 atom stereocenters. The molecule has 0 aliphatic rings. The number of amidine groups is 1. The Labute approximate surface area is 183 Å². The molecule has 0 bridgehead atoms. The van der Waals surface area contributed by atoms with E-state index in [0.717, 1.165) is 28.5 Å². The summed E-state index contributed by atoms with van der Waals surface area (Å²) in [7, 11) is 0. The van der Waals surface area contributed by atoms with Crippen LogP contribution in [-0.4, -0.2) is 16.7 Å². The van der Waals surface area contributed by atoms with Gasteiger partial charge in [-0.15, -0.1) is 0 Å².